The van der Waals surface area contributed by atoms with Crippen LogP contribution < -0.4 is 0 Å². The van der Waals surface area contributed by atoms with Gasteiger partial charge in [0, 0.05) is 5.56 Å². The highest BCUT2D eigenvalue weighted by atomic mass is 35.5. The Kier molecular flexibility index (Phi) is 3.25. The fourth-order valence-corrected chi connectivity index (χ4v) is 1.98. The van der Waals surface area contributed by atoms with E-state index in [0.717, 1.165) is 5.56 Å². The molecule has 2 heteroatoms. The number of hydrogen-bond acceptors (Lipinski definition) is 0. The molecule has 2 rings (SSSR count). The summed E-state index contributed by atoms with van der Waals surface area (Å²) in [7, 11) is 0. The standard InChI is InChI=1S/C14H12ClF/c1-10-6-5-9-12(14(10)16)13(15)11-7-3-2-4-8-11/h2-9,13H,1H3. The van der Waals surface area contributed by atoms with Gasteiger partial charge in [0.1, 0.15) is 5.82 Å². The summed E-state index contributed by atoms with van der Waals surface area (Å²) in [5, 5.41) is -0.430. The smallest absolute Gasteiger partial charge is 0.131 e. The van der Waals surface area contributed by atoms with Crippen molar-refractivity contribution >= 4 is 11.6 Å². The zero-order chi connectivity index (χ0) is 11.5. The predicted molar refractivity (Wildman–Crippen MR) is 65.3 cm³/mol. The minimum Gasteiger partial charge on any atom is -0.206 e. The van der Waals surface area contributed by atoms with Gasteiger partial charge in [-0.15, -0.1) is 11.6 Å². The van der Waals surface area contributed by atoms with E-state index < -0.39 is 5.38 Å². The van der Waals surface area contributed by atoms with Crippen molar-refractivity contribution in [1.82, 2.24) is 0 Å². The summed E-state index contributed by atoms with van der Waals surface area (Å²) >= 11 is 6.27. The summed E-state index contributed by atoms with van der Waals surface area (Å²) in [6.45, 7) is 1.74. The zero-order valence-electron chi connectivity index (χ0n) is 8.95. The highest BCUT2D eigenvalue weighted by molar-refractivity contribution is 6.22. The van der Waals surface area contributed by atoms with Crippen molar-refractivity contribution in [3.8, 4) is 0 Å². The lowest BCUT2D eigenvalue weighted by atomic mass is 10.0. The largest absolute Gasteiger partial charge is 0.206 e. The molecule has 2 aromatic carbocycles. The first-order valence-electron chi connectivity index (χ1n) is 5.14. The van der Waals surface area contributed by atoms with Crippen LogP contribution >= 0.6 is 11.6 Å². The number of benzene rings is 2. The lowest BCUT2D eigenvalue weighted by molar-refractivity contribution is 0.603. The molecule has 0 aliphatic carbocycles. The van der Waals surface area contributed by atoms with Crippen molar-refractivity contribution in [3.63, 3.8) is 0 Å². The molecule has 0 saturated heterocycles. The van der Waals surface area contributed by atoms with Gasteiger partial charge in [-0.2, -0.15) is 0 Å². The second kappa shape index (κ2) is 4.67. The van der Waals surface area contributed by atoms with E-state index >= 15 is 0 Å². The Morgan fingerprint density at radius 2 is 1.69 bits per heavy atom. The molecule has 0 spiro atoms. The third-order valence-corrected chi connectivity index (χ3v) is 3.07. The number of halogens is 2. The summed E-state index contributed by atoms with van der Waals surface area (Å²) in [4.78, 5) is 0. The molecule has 16 heavy (non-hydrogen) atoms. The Hall–Kier alpha value is -1.34. The van der Waals surface area contributed by atoms with Gasteiger partial charge in [-0.25, -0.2) is 4.39 Å². The first kappa shape index (κ1) is 11.2. The van der Waals surface area contributed by atoms with Gasteiger partial charge in [-0.1, -0.05) is 48.5 Å². The molecule has 1 unspecified atom stereocenters. The van der Waals surface area contributed by atoms with E-state index in [9.17, 15) is 4.39 Å². The van der Waals surface area contributed by atoms with Crippen LogP contribution in [-0.4, -0.2) is 0 Å². The second-order valence-electron chi connectivity index (χ2n) is 3.75. The maximum Gasteiger partial charge on any atom is 0.131 e. The summed E-state index contributed by atoms with van der Waals surface area (Å²) in [5.74, 6) is -0.216. The molecule has 0 aliphatic heterocycles. The van der Waals surface area contributed by atoms with E-state index in [1.54, 1.807) is 19.1 Å². The highest BCUT2D eigenvalue weighted by Crippen LogP contribution is 2.31. The van der Waals surface area contributed by atoms with Crippen LogP contribution in [0.3, 0.4) is 0 Å². The molecule has 0 aliphatic rings. The van der Waals surface area contributed by atoms with E-state index in [1.807, 2.05) is 36.4 Å². The van der Waals surface area contributed by atoms with Gasteiger partial charge >= 0.3 is 0 Å². The first-order chi connectivity index (χ1) is 7.70. The molecule has 0 saturated carbocycles. The molecule has 0 aromatic heterocycles. The fraction of sp³-hybridized carbons (Fsp3) is 0.143. The lowest BCUT2D eigenvalue weighted by Gasteiger charge is -2.12. The average Bonchev–Trinajstić information content (AvgIpc) is 2.33. The molecular weight excluding hydrogens is 223 g/mol. The van der Waals surface area contributed by atoms with Crippen molar-refractivity contribution in [2.24, 2.45) is 0 Å². The van der Waals surface area contributed by atoms with Gasteiger partial charge < -0.3 is 0 Å². The van der Waals surface area contributed by atoms with E-state index in [0.29, 0.717) is 11.1 Å². The molecule has 0 radical (unpaired) electrons. The predicted octanol–water partition coefficient (Wildman–Crippen LogP) is 4.46. The number of rotatable bonds is 2. The van der Waals surface area contributed by atoms with Gasteiger partial charge in [0.2, 0.25) is 0 Å². The van der Waals surface area contributed by atoms with Gasteiger partial charge in [-0.05, 0) is 18.1 Å². The molecule has 0 heterocycles. The van der Waals surface area contributed by atoms with E-state index in [2.05, 4.69) is 0 Å². The van der Waals surface area contributed by atoms with Gasteiger partial charge in [0.15, 0.2) is 0 Å². The molecule has 0 bridgehead atoms. The summed E-state index contributed by atoms with van der Waals surface area (Å²) in [6, 6.07) is 14.8. The molecule has 0 N–H and O–H groups in total. The minimum atomic E-state index is -0.430. The van der Waals surface area contributed by atoms with Gasteiger partial charge in [0.05, 0.1) is 5.38 Å². The maximum absolute atomic E-state index is 13.9. The average molecular weight is 235 g/mol. The monoisotopic (exact) mass is 234 g/mol. The Morgan fingerprint density at radius 3 is 2.38 bits per heavy atom. The molecule has 1 atom stereocenters. The van der Waals surface area contributed by atoms with Crippen LogP contribution in [0.1, 0.15) is 22.1 Å². The molecule has 0 amide bonds. The highest BCUT2D eigenvalue weighted by Gasteiger charge is 2.15. The van der Waals surface area contributed by atoms with Crippen LogP contribution in [0, 0.1) is 12.7 Å². The normalized spacial score (nSPS) is 12.4. The van der Waals surface area contributed by atoms with Gasteiger partial charge in [0.25, 0.3) is 0 Å². The van der Waals surface area contributed by atoms with Crippen molar-refractivity contribution in [1.29, 1.82) is 0 Å². The Bertz CT molecular complexity index is 479. The first-order valence-corrected chi connectivity index (χ1v) is 5.58. The van der Waals surface area contributed by atoms with Crippen molar-refractivity contribution in [3.05, 3.63) is 71.0 Å². The van der Waals surface area contributed by atoms with Crippen LogP contribution in [-0.2, 0) is 0 Å². The third-order valence-electron chi connectivity index (χ3n) is 2.59. The van der Waals surface area contributed by atoms with Crippen LogP contribution in [0.4, 0.5) is 4.39 Å². The van der Waals surface area contributed by atoms with Crippen molar-refractivity contribution < 1.29 is 4.39 Å². The van der Waals surface area contributed by atoms with E-state index in [-0.39, 0.29) is 5.82 Å². The Labute approximate surface area is 99.7 Å². The Morgan fingerprint density at radius 1 is 1.00 bits per heavy atom. The lowest BCUT2D eigenvalue weighted by Crippen LogP contribution is -1.98. The van der Waals surface area contributed by atoms with Crippen molar-refractivity contribution in [2.75, 3.05) is 0 Å². The quantitative estimate of drug-likeness (QED) is 0.673. The topological polar surface area (TPSA) is 0 Å². The minimum absolute atomic E-state index is 0.216. The number of hydrogen-bond donors (Lipinski definition) is 0. The number of aryl methyl sites for hydroxylation is 1. The fourth-order valence-electron chi connectivity index (χ4n) is 1.67. The van der Waals surface area contributed by atoms with Crippen LogP contribution in [0.15, 0.2) is 48.5 Å². The summed E-state index contributed by atoms with van der Waals surface area (Å²) < 4.78 is 13.9. The van der Waals surface area contributed by atoms with E-state index in [4.69, 9.17) is 11.6 Å². The number of alkyl halides is 1. The van der Waals surface area contributed by atoms with Crippen LogP contribution in [0.5, 0.6) is 0 Å². The van der Waals surface area contributed by atoms with Crippen LogP contribution in [0.2, 0.25) is 0 Å². The molecule has 2 aromatic rings. The molecule has 82 valence electrons. The second-order valence-corrected chi connectivity index (χ2v) is 4.19. The van der Waals surface area contributed by atoms with Crippen LogP contribution in [0.25, 0.3) is 0 Å². The SMILES string of the molecule is Cc1cccc(C(Cl)c2ccccc2)c1F. The maximum atomic E-state index is 13.9. The van der Waals surface area contributed by atoms with Gasteiger partial charge in [-0.3, -0.25) is 0 Å². The zero-order valence-corrected chi connectivity index (χ0v) is 9.71. The molecule has 0 nitrogen and oxygen atoms in total. The third kappa shape index (κ3) is 2.10. The summed E-state index contributed by atoms with van der Waals surface area (Å²) in [6.07, 6.45) is 0. The summed E-state index contributed by atoms with van der Waals surface area (Å²) in [5.41, 5.74) is 2.07. The van der Waals surface area contributed by atoms with Crippen molar-refractivity contribution in [2.45, 2.75) is 12.3 Å². The Balaban J connectivity index is 2.42. The molecule has 0 fully saturated rings. The van der Waals surface area contributed by atoms with E-state index in [1.165, 1.54) is 0 Å². The molecular formula is C14H12ClF.